The highest BCUT2D eigenvalue weighted by atomic mass is 16.6. The Labute approximate surface area is 169 Å². The van der Waals surface area contributed by atoms with Crippen molar-refractivity contribution in [3.05, 3.63) is 39.5 Å². The molecule has 0 fully saturated rings. The minimum atomic E-state index is -1.80. The molecule has 1 aromatic carbocycles. The van der Waals surface area contributed by atoms with E-state index in [-0.39, 0.29) is 41.1 Å². The number of hydrogen-bond acceptors (Lipinski definition) is 7. The topological polar surface area (TPSA) is 99.1 Å². The Bertz CT molecular complexity index is 954. The van der Waals surface area contributed by atoms with Gasteiger partial charge in [0.25, 0.3) is 0 Å². The van der Waals surface area contributed by atoms with Gasteiger partial charge in [0.15, 0.2) is 17.2 Å². The fourth-order valence-corrected chi connectivity index (χ4v) is 4.45. The van der Waals surface area contributed by atoms with Crippen LogP contribution in [-0.4, -0.2) is 54.7 Å². The van der Waals surface area contributed by atoms with E-state index in [4.69, 9.17) is 14.2 Å². The van der Waals surface area contributed by atoms with Crippen LogP contribution in [0.3, 0.4) is 0 Å². The number of phenolic OH excluding ortho intramolecular Hbond substituents is 1. The van der Waals surface area contributed by atoms with Crippen LogP contribution in [-0.2, 0) is 25.4 Å². The zero-order chi connectivity index (χ0) is 21.7. The molecule has 0 spiro atoms. The number of hydrogen-bond donors (Lipinski definition) is 1. The number of Topliss-reactive ketones (excluding diaryl/α,β-unsaturated/α-hetero) is 2. The van der Waals surface area contributed by atoms with E-state index in [2.05, 4.69) is 0 Å². The van der Waals surface area contributed by atoms with Crippen molar-refractivity contribution >= 4 is 17.5 Å². The SMILES string of the molecule is CCc1c(C)cc2c(c1O)C(=O)C1=C(C2=O)C(C)(C)OCCC1(OC)C(=O)OC. The third-order valence-electron chi connectivity index (χ3n) is 5.94. The maximum absolute atomic E-state index is 13.7. The zero-order valence-electron chi connectivity index (χ0n) is 17.6. The molecular formula is C22H26O7. The van der Waals surface area contributed by atoms with E-state index in [0.29, 0.717) is 17.5 Å². The third-order valence-corrected chi connectivity index (χ3v) is 5.94. The van der Waals surface area contributed by atoms with Crippen LogP contribution in [0.2, 0.25) is 0 Å². The average molecular weight is 402 g/mol. The zero-order valence-corrected chi connectivity index (χ0v) is 17.6. The third kappa shape index (κ3) is 2.83. The number of fused-ring (bicyclic) bond motifs is 1. The van der Waals surface area contributed by atoms with Crippen molar-refractivity contribution in [1.29, 1.82) is 0 Å². The van der Waals surface area contributed by atoms with Crippen LogP contribution < -0.4 is 0 Å². The van der Waals surface area contributed by atoms with Gasteiger partial charge < -0.3 is 19.3 Å². The van der Waals surface area contributed by atoms with Crippen LogP contribution in [0.15, 0.2) is 17.2 Å². The van der Waals surface area contributed by atoms with Crippen LogP contribution in [0.1, 0.15) is 59.0 Å². The van der Waals surface area contributed by atoms with E-state index in [1.807, 2.05) is 6.92 Å². The van der Waals surface area contributed by atoms with Gasteiger partial charge in [-0.25, -0.2) is 4.79 Å². The van der Waals surface area contributed by atoms with Crippen molar-refractivity contribution in [3.8, 4) is 5.75 Å². The summed E-state index contributed by atoms with van der Waals surface area (Å²) in [6.45, 7) is 7.06. The number of aryl methyl sites for hydroxylation is 1. The van der Waals surface area contributed by atoms with Gasteiger partial charge in [0.1, 0.15) is 5.75 Å². The number of ketones is 2. The molecule has 1 aromatic rings. The summed E-state index contributed by atoms with van der Waals surface area (Å²) in [6.07, 6.45) is 0.486. The first-order valence-electron chi connectivity index (χ1n) is 9.55. The Balaban J connectivity index is 2.44. The number of rotatable bonds is 3. The number of benzene rings is 1. The van der Waals surface area contributed by atoms with Crippen LogP contribution in [0, 0.1) is 6.92 Å². The molecule has 0 aromatic heterocycles. The highest BCUT2D eigenvalue weighted by Crippen LogP contribution is 2.46. The number of aromatic hydroxyl groups is 1. The summed E-state index contributed by atoms with van der Waals surface area (Å²) in [5, 5.41) is 10.8. The summed E-state index contributed by atoms with van der Waals surface area (Å²) in [5.41, 5.74) is -1.69. The quantitative estimate of drug-likeness (QED) is 0.776. The minimum absolute atomic E-state index is 0.0000478. The maximum Gasteiger partial charge on any atom is 0.343 e. The van der Waals surface area contributed by atoms with Crippen LogP contribution in [0.25, 0.3) is 0 Å². The largest absolute Gasteiger partial charge is 0.507 e. The molecule has 2 aliphatic rings. The van der Waals surface area contributed by atoms with E-state index in [1.165, 1.54) is 14.2 Å². The molecule has 7 heteroatoms. The molecule has 156 valence electrons. The average Bonchev–Trinajstić information content (AvgIpc) is 2.79. The first-order chi connectivity index (χ1) is 13.6. The van der Waals surface area contributed by atoms with Gasteiger partial charge in [0.2, 0.25) is 0 Å². The number of carbonyl (C=O) groups excluding carboxylic acids is 3. The lowest BCUT2D eigenvalue weighted by Crippen LogP contribution is -2.49. The molecule has 1 aliphatic carbocycles. The van der Waals surface area contributed by atoms with Crippen molar-refractivity contribution in [3.63, 3.8) is 0 Å². The molecule has 0 amide bonds. The maximum atomic E-state index is 13.7. The number of phenols is 1. The number of esters is 1. The first-order valence-corrected chi connectivity index (χ1v) is 9.55. The molecule has 0 radical (unpaired) electrons. The standard InChI is InChI=1S/C22H26O7/c1-7-12-11(2)10-13-14(17(12)23)19(25)16-15(18(13)24)21(3,4)29-9-8-22(16,28-6)20(26)27-5/h10,23H,7-9H2,1-6H3. The Morgan fingerprint density at radius 3 is 2.41 bits per heavy atom. The van der Waals surface area contributed by atoms with Gasteiger partial charge in [0.05, 0.1) is 30.5 Å². The minimum Gasteiger partial charge on any atom is -0.507 e. The lowest BCUT2D eigenvalue weighted by molar-refractivity contribution is -0.163. The van der Waals surface area contributed by atoms with Crippen molar-refractivity contribution in [1.82, 2.24) is 0 Å². The van der Waals surface area contributed by atoms with Crippen molar-refractivity contribution in [2.75, 3.05) is 20.8 Å². The fraction of sp³-hybridized carbons (Fsp3) is 0.500. The van der Waals surface area contributed by atoms with Gasteiger partial charge in [-0.3, -0.25) is 9.59 Å². The summed E-state index contributed by atoms with van der Waals surface area (Å²) in [5.74, 6) is -2.11. The molecule has 1 atom stereocenters. The predicted octanol–water partition coefficient (Wildman–Crippen LogP) is 2.70. The Morgan fingerprint density at radius 1 is 1.21 bits per heavy atom. The van der Waals surface area contributed by atoms with Crippen LogP contribution in [0.4, 0.5) is 0 Å². The van der Waals surface area contributed by atoms with Gasteiger partial charge in [-0.05, 0) is 44.4 Å². The molecule has 0 bridgehead atoms. The molecule has 29 heavy (non-hydrogen) atoms. The van der Waals surface area contributed by atoms with E-state index in [9.17, 15) is 19.5 Å². The molecule has 0 saturated carbocycles. The van der Waals surface area contributed by atoms with Gasteiger partial charge in [-0.2, -0.15) is 0 Å². The summed E-state index contributed by atoms with van der Waals surface area (Å²) in [4.78, 5) is 40.1. The summed E-state index contributed by atoms with van der Waals surface area (Å²) < 4.78 is 16.4. The molecule has 1 N–H and O–H groups in total. The predicted molar refractivity (Wildman–Crippen MR) is 104 cm³/mol. The first kappa shape index (κ1) is 21.2. The van der Waals surface area contributed by atoms with Gasteiger partial charge >= 0.3 is 5.97 Å². The second-order valence-electron chi connectivity index (χ2n) is 7.84. The highest BCUT2D eigenvalue weighted by molar-refractivity contribution is 6.30. The van der Waals surface area contributed by atoms with Crippen molar-refractivity contribution < 1.29 is 33.7 Å². The molecular weight excluding hydrogens is 376 g/mol. The summed E-state index contributed by atoms with van der Waals surface area (Å²) in [7, 11) is 2.49. The van der Waals surface area contributed by atoms with Crippen LogP contribution in [0.5, 0.6) is 5.75 Å². The van der Waals surface area contributed by atoms with Gasteiger partial charge in [-0.1, -0.05) is 6.92 Å². The Morgan fingerprint density at radius 2 is 1.86 bits per heavy atom. The second-order valence-corrected chi connectivity index (χ2v) is 7.84. The molecule has 0 saturated heterocycles. The highest BCUT2D eigenvalue weighted by Gasteiger charge is 2.56. The summed E-state index contributed by atoms with van der Waals surface area (Å²) >= 11 is 0. The molecule has 1 aliphatic heterocycles. The van der Waals surface area contributed by atoms with Gasteiger partial charge in [-0.15, -0.1) is 0 Å². The van der Waals surface area contributed by atoms with E-state index in [1.54, 1.807) is 26.8 Å². The second kappa shape index (κ2) is 7.07. The number of methoxy groups -OCH3 is 2. The van der Waals surface area contributed by atoms with E-state index < -0.39 is 28.7 Å². The number of carbonyl (C=O) groups is 3. The smallest absolute Gasteiger partial charge is 0.343 e. The van der Waals surface area contributed by atoms with Crippen molar-refractivity contribution in [2.24, 2.45) is 0 Å². The van der Waals surface area contributed by atoms with Gasteiger partial charge in [0, 0.05) is 24.7 Å². The van der Waals surface area contributed by atoms with Crippen LogP contribution >= 0.6 is 0 Å². The Kier molecular flexibility index (Phi) is 5.17. The fourth-order valence-electron chi connectivity index (χ4n) is 4.45. The Hall–Kier alpha value is -2.51. The molecule has 7 nitrogen and oxygen atoms in total. The molecule has 1 heterocycles. The lowest BCUT2D eigenvalue weighted by Gasteiger charge is -2.35. The van der Waals surface area contributed by atoms with E-state index in [0.717, 1.165) is 0 Å². The summed E-state index contributed by atoms with van der Waals surface area (Å²) in [6, 6.07) is 1.62. The number of ether oxygens (including phenoxy) is 3. The van der Waals surface area contributed by atoms with Crippen molar-refractivity contribution in [2.45, 2.75) is 51.7 Å². The molecule has 1 unspecified atom stereocenters. The van der Waals surface area contributed by atoms with E-state index >= 15 is 0 Å². The monoisotopic (exact) mass is 402 g/mol. The normalized spacial score (nSPS) is 23.4. The molecule has 3 rings (SSSR count). The lowest BCUT2D eigenvalue weighted by atomic mass is 9.71.